The van der Waals surface area contributed by atoms with Crippen LogP contribution in [0.4, 0.5) is 0 Å². The van der Waals surface area contributed by atoms with Gasteiger partial charge in [-0.25, -0.2) is 4.79 Å². The Balaban J connectivity index is 1.94. The second-order valence-corrected chi connectivity index (χ2v) is 6.36. The zero-order valence-electron chi connectivity index (χ0n) is 14.4. The molecule has 2 rings (SSSR count). The Bertz CT molecular complexity index is 853. The van der Waals surface area contributed by atoms with E-state index in [-0.39, 0.29) is 26.4 Å². The van der Waals surface area contributed by atoms with Gasteiger partial charge in [-0.3, -0.25) is 4.79 Å². The number of Topliss-reactive ketones (excluding diaryl/α,β-unsaturated/α-hetero) is 1. The molecule has 0 bridgehead atoms. The molecule has 0 aliphatic carbocycles. The molecule has 0 saturated heterocycles. The highest BCUT2D eigenvalue weighted by Gasteiger charge is 2.17. The van der Waals surface area contributed by atoms with Crippen molar-refractivity contribution in [1.29, 1.82) is 0 Å². The van der Waals surface area contributed by atoms with Crippen LogP contribution < -0.4 is 14.2 Å². The van der Waals surface area contributed by atoms with Crippen LogP contribution in [0.3, 0.4) is 0 Å². The molecule has 0 aliphatic rings. The predicted octanol–water partition coefficient (Wildman–Crippen LogP) is 4.47. The van der Waals surface area contributed by atoms with Gasteiger partial charge in [0.2, 0.25) is 5.78 Å². The van der Waals surface area contributed by atoms with Crippen LogP contribution >= 0.6 is 34.8 Å². The van der Waals surface area contributed by atoms with Crippen molar-refractivity contribution in [2.45, 2.75) is 0 Å². The predicted molar refractivity (Wildman–Crippen MR) is 102 cm³/mol. The standard InChI is InChI=1S/C18H15Cl3O6/c1-24-10-3-4-16(25-2)11(5-10)15(22)8-27-18(23)9-26-17-7-13(20)12(19)6-14(17)21/h3-7H,8-9H2,1-2H3. The van der Waals surface area contributed by atoms with Crippen LogP contribution in [0.1, 0.15) is 10.4 Å². The molecule has 0 amide bonds. The zero-order chi connectivity index (χ0) is 20.0. The molecule has 144 valence electrons. The second kappa shape index (κ2) is 9.69. The third-order valence-electron chi connectivity index (χ3n) is 3.39. The Labute approximate surface area is 170 Å². The van der Waals surface area contributed by atoms with Crippen LogP contribution in [0.15, 0.2) is 30.3 Å². The summed E-state index contributed by atoms with van der Waals surface area (Å²) in [6.07, 6.45) is 0. The molecule has 27 heavy (non-hydrogen) atoms. The third kappa shape index (κ3) is 5.66. The lowest BCUT2D eigenvalue weighted by atomic mass is 10.1. The molecule has 2 aromatic rings. The van der Waals surface area contributed by atoms with Crippen molar-refractivity contribution < 1.29 is 28.5 Å². The van der Waals surface area contributed by atoms with E-state index in [4.69, 9.17) is 53.8 Å². The molecule has 0 unspecified atom stereocenters. The van der Waals surface area contributed by atoms with Crippen LogP contribution in [0.2, 0.25) is 15.1 Å². The number of esters is 1. The Morgan fingerprint density at radius 1 is 0.852 bits per heavy atom. The van der Waals surface area contributed by atoms with Crippen LogP contribution in [0, 0.1) is 0 Å². The Morgan fingerprint density at radius 2 is 1.56 bits per heavy atom. The van der Waals surface area contributed by atoms with Gasteiger partial charge < -0.3 is 18.9 Å². The monoisotopic (exact) mass is 432 g/mol. The minimum atomic E-state index is -0.757. The molecule has 2 aromatic carbocycles. The molecule has 0 fully saturated rings. The fourth-order valence-corrected chi connectivity index (χ4v) is 2.64. The minimum Gasteiger partial charge on any atom is -0.497 e. The van der Waals surface area contributed by atoms with E-state index in [1.54, 1.807) is 12.1 Å². The van der Waals surface area contributed by atoms with Gasteiger partial charge in [-0.1, -0.05) is 34.8 Å². The van der Waals surface area contributed by atoms with Crippen LogP contribution in [0.5, 0.6) is 17.2 Å². The van der Waals surface area contributed by atoms with Crippen molar-refractivity contribution in [3.63, 3.8) is 0 Å². The number of hydrogen-bond acceptors (Lipinski definition) is 6. The summed E-state index contributed by atoms with van der Waals surface area (Å²) in [6.45, 7) is -0.943. The molecule has 0 heterocycles. The lowest BCUT2D eigenvalue weighted by molar-refractivity contribution is -0.144. The van der Waals surface area contributed by atoms with Gasteiger partial charge in [-0.15, -0.1) is 0 Å². The first kappa shape index (κ1) is 21.2. The zero-order valence-corrected chi connectivity index (χ0v) is 16.7. The van der Waals surface area contributed by atoms with E-state index < -0.39 is 25.0 Å². The highest BCUT2D eigenvalue weighted by atomic mass is 35.5. The average molecular weight is 434 g/mol. The van der Waals surface area contributed by atoms with Crippen molar-refractivity contribution in [2.75, 3.05) is 27.4 Å². The van der Waals surface area contributed by atoms with E-state index in [1.807, 2.05) is 0 Å². The molecule has 0 aromatic heterocycles. The summed E-state index contributed by atoms with van der Waals surface area (Å²) in [6, 6.07) is 7.51. The molecule has 0 atom stereocenters. The SMILES string of the molecule is COc1ccc(OC)c(C(=O)COC(=O)COc2cc(Cl)c(Cl)cc2Cl)c1. The van der Waals surface area contributed by atoms with Crippen molar-refractivity contribution in [1.82, 2.24) is 0 Å². The summed E-state index contributed by atoms with van der Waals surface area (Å²) in [5.41, 5.74) is 0.234. The van der Waals surface area contributed by atoms with Crippen LogP contribution in [0.25, 0.3) is 0 Å². The van der Waals surface area contributed by atoms with Crippen LogP contribution in [-0.2, 0) is 9.53 Å². The molecule has 0 spiro atoms. The fraction of sp³-hybridized carbons (Fsp3) is 0.222. The highest BCUT2D eigenvalue weighted by molar-refractivity contribution is 6.43. The number of rotatable bonds is 8. The number of ketones is 1. The normalized spacial score (nSPS) is 10.3. The largest absolute Gasteiger partial charge is 0.497 e. The van der Waals surface area contributed by atoms with Gasteiger partial charge >= 0.3 is 5.97 Å². The van der Waals surface area contributed by atoms with E-state index in [0.29, 0.717) is 11.5 Å². The number of benzene rings is 2. The van der Waals surface area contributed by atoms with Gasteiger partial charge in [-0.2, -0.15) is 0 Å². The van der Waals surface area contributed by atoms with Gasteiger partial charge in [0, 0.05) is 6.07 Å². The average Bonchev–Trinajstić information content (AvgIpc) is 2.67. The molecular weight excluding hydrogens is 419 g/mol. The Morgan fingerprint density at radius 3 is 2.22 bits per heavy atom. The number of carbonyl (C=O) groups is 2. The summed E-state index contributed by atoms with van der Waals surface area (Å²) in [4.78, 5) is 24.1. The van der Waals surface area contributed by atoms with Crippen LogP contribution in [-0.4, -0.2) is 39.2 Å². The maximum atomic E-state index is 12.3. The molecule has 0 saturated carbocycles. The smallest absolute Gasteiger partial charge is 0.344 e. The Kier molecular flexibility index (Phi) is 7.59. The lowest BCUT2D eigenvalue weighted by Gasteiger charge is -2.11. The number of halogens is 3. The van der Waals surface area contributed by atoms with Gasteiger partial charge in [0.25, 0.3) is 0 Å². The van der Waals surface area contributed by atoms with Gasteiger partial charge in [-0.05, 0) is 24.3 Å². The third-order valence-corrected chi connectivity index (χ3v) is 4.41. The lowest BCUT2D eigenvalue weighted by Crippen LogP contribution is -2.20. The topological polar surface area (TPSA) is 71.1 Å². The summed E-state index contributed by atoms with van der Waals surface area (Å²) >= 11 is 17.6. The maximum absolute atomic E-state index is 12.3. The first-order valence-electron chi connectivity index (χ1n) is 7.54. The van der Waals surface area contributed by atoms with Gasteiger partial charge in [0.15, 0.2) is 13.2 Å². The van der Waals surface area contributed by atoms with Crippen molar-refractivity contribution in [2.24, 2.45) is 0 Å². The number of ether oxygens (including phenoxy) is 4. The second-order valence-electron chi connectivity index (χ2n) is 5.14. The molecular formula is C18H15Cl3O6. The maximum Gasteiger partial charge on any atom is 0.344 e. The van der Waals surface area contributed by atoms with Gasteiger partial charge in [0.05, 0.1) is 34.9 Å². The van der Waals surface area contributed by atoms with Crippen molar-refractivity contribution in [3.8, 4) is 17.2 Å². The summed E-state index contributed by atoms with van der Waals surface area (Å²) < 4.78 is 20.4. The number of carbonyl (C=O) groups excluding carboxylic acids is 2. The molecule has 9 heteroatoms. The molecule has 0 radical (unpaired) electrons. The minimum absolute atomic E-state index is 0.170. The fourth-order valence-electron chi connectivity index (χ4n) is 2.05. The van der Waals surface area contributed by atoms with E-state index in [0.717, 1.165) is 0 Å². The van der Waals surface area contributed by atoms with E-state index in [2.05, 4.69) is 0 Å². The quantitative estimate of drug-likeness (QED) is 0.347. The van der Waals surface area contributed by atoms with E-state index >= 15 is 0 Å². The highest BCUT2D eigenvalue weighted by Crippen LogP contribution is 2.33. The van der Waals surface area contributed by atoms with E-state index in [1.165, 1.54) is 32.4 Å². The molecule has 6 nitrogen and oxygen atoms in total. The summed E-state index contributed by atoms with van der Waals surface area (Å²) in [5.74, 6) is -0.221. The number of methoxy groups -OCH3 is 2. The van der Waals surface area contributed by atoms with Gasteiger partial charge in [0.1, 0.15) is 17.2 Å². The van der Waals surface area contributed by atoms with Crippen molar-refractivity contribution in [3.05, 3.63) is 51.0 Å². The van der Waals surface area contributed by atoms with E-state index in [9.17, 15) is 9.59 Å². The number of hydrogen-bond donors (Lipinski definition) is 0. The summed E-state index contributed by atoms with van der Waals surface area (Å²) in [5, 5.41) is 0.675. The summed E-state index contributed by atoms with van der Waals surface area (Å²) in [7, 11) is 2.90. The first-order chi connectivity index (χ1) is 12.8. The first-order valence-corrected chi connectivity index (χ1v) is 8.67. The Hall–Kier alpha value is -2.15. The van der Waals surface area contributed by atoms with Crippen molar-refractivity contribution >= 4 is 46.6 Å². The molecule has 0 aliphatic heterocycles. The molecule has 0 N–H and O–H groups in total.